The second kappa shape index (κ2) is 6.12. The zero-order valence-electron chi connectivity index (χ0n) is 11.9. The second-order valence-electron chi connectivity index (χ2n) is 4.94. The molecule has 0 saturated heterocycles. The van der Waals surface area contributed by atoms with Crippen LogP contribution in [0.2, 0.25) is 0 Å². The summed E-state index contributed by atoms with van der Waals surface area (Å²) in [6.07, 6.45) is 2.98. The number of aromatic nitrogens is 2. The number of fused-ring (bicyclic) bond motifs is 3. The van der Waals surface area contributed by atoms with Crippen LogP contribution in [0, 0.1) is 0 Å². The van der Waals surface area contributed by atoms with Crippen molar-refractivity contribution in [3.05, 3.63) is 10.4 Å². The monoisotopic (exact) mass is 340 g/mol. The second-order valence-corrected chi connectivity index (χ2v) is 7.76. The average molecular weight is 340 g/mol. The standard InChI is InChI=1S/C13H16N4OS3/c1-17-4-3-7-8(5-17)21-12-10(7)11(20-6-9(14)18)15-13(16-12)19-2/h3-6H2,1-2H3,(H2,14,18). The van der Waals surface area contributed by atoms with E-state index in [1.807, 2.05) is 6.26 Å². The van der Waals surface area contributed by atoms with Gasteiger partial charge in [0.2, 0.25) is 5.91 Å². The smallest absolute Gasteiger partial charge is 0.227 e. The van der Waals surface area contributed by atoms with Crippen LogP contribution in [0.3, 0.4) is 0 Å². The van der Waals surface area contributed by atoms with Crippen LogP contribution in [0.25, 0.3) is 10.2 Å². The molecule has 1 aliphatic rings. The highest BCUT2D eigenvalue weighted by molar-refractivity contribution is 8.00. The molecule has 2 aromatic heterocycles. The highest BCUT2D eigenvalue weighted by Crippen LogP contribution is 2.39. The molecule has 0 atom stereocenters. The average Bonchev–Trinajstić information content (AvgIpc) is 2.81. The minimum Gasteiger partial charge on any atom is -0.369 e. The molecular weight excluding hydrogens is 324 g/mol. The molecule has 1 aliphatic heterocycles. The van der Waals surface area contributed by atoms with Gasteiger partial charge in [-0.2, -0.15) is 0 Å². The maximum atomic E-state index is 11.1. The molecule has 0 spiro atoms. The molecule has 8 heteroatoms. The first kappa shape index (κ1) is 15.1. The van der Waals surface area contributed by atoms with Crippen LogP contribution >= 0.6 is 34.9 Å². The topological polar surface area (TPSA) is 72.1 Å². The van der Waals surface area contributed by atoms with Gasteiger partial charge in [0.25, 0.3) is 0 Å². The number of carbonyl (C=O) groups is 1. The molecule has 1 amide bonds. The molecule has 0 aromatic carbocycles. The Morgan fingerprint density at radius 2 is 2.29 bits per heavy atom. The quantitative estimate of drug-likeness (QED) is 0.521. The van der Waals surface area contributed by atoms with Crippen molar-refractivity contribution < 1.29 is 4.79 Å². The van der Waals surface area contributed by atoms with Crippen molar-refractivity contribution in [1.82, 2.24) is 14.9 Å². The Kier molecular flexibility index (Phi) is 4.39. The molecule has 21 heavy (non-hydrogen) atoms. The van der Waals surface area contributed by atoms with E-state index in [4.69, 9.17) is 5.73 Å². The van der Waals surface area contributed by atoms with E-state index in [1.165, 1.54) is 34.0 Å². The number of hydrogen-bond donors (Lipinski definition) is 1. The number of rotatable bonds is 4. The van der Waals surface area contributed by atoms with Crippen molar-refractivity contribution in [2.24, 2.45) is 5.73 Å². The minimum atomic E-state index is -0.318. The number of thioether (sulfide) groups is 2. The van der Waals surface area contributed by atoms with Gasteiger partial charge in [0.1, 0.15) is 9.86 Å². The third-order valence-corrected chi connectivity index (χ3v) is 6.03. The lowest BCUT2D eigenvalue weighted by molar-refractivity contribution is -0.115. The molecule has 0 bridgehead atoms. The van der Waals surface area contributed by atoms with Crippen LogP contribution in [0.1, 0.15) is 10.4 Å². The number of likely N-dealkylation sites (N-methyl/N-ethyl adjacent to an activating group) is 1. The van der Waals surface area contributed by atoms with E-state index in [0.717, 1.165) is 39.9 Å². The van der Waals surface area contributed by atoms with Crippen molar-refractivity contribution >= 4 is 51.0 Å². The summed E-state index contributed by atoms with van der Waals surface area (Å²) in [5.41, 5.74) is 6.63. The molecule has 3 rings (SSSR count). The molecule has 2 aromatic rings. The number of nitrogens with two attached hydrogens (primary N) is 1. The van der Waals surface area contributed by atoms with Crippen molar-refractivity contribution in [2.45, 2.75) is 23.1 Å². The molecule has 0 fully saturated rings. The van der Waals surface area contributed by atoms with Gasteiger partial charge in [0.15, 0.2) is 5.16 Å². The first-order valence-electron chi connectivity index (χ1n) is 6.54. The Morgan fingerprint density at radius 3 is 3.00 bits per heavy atom. The number of hydrogen-bond acceptors (Lipinski definition) is 7. The van der Waals surface area contributed by atoms with Gasteiger partial charge in [-0.15, -0.1) is 11.3 Å². The van der Waals surface area contributed by atoms with Gasteiger partial charge in [-0.05, 0) is 25.3 Å². The fourth-order valence-electron chi connectivity index (χ4n) is 2.41. The van der Waals surface area contributed by atoms with Crippen LogP contribution in [0.4, 0.5) is 0 Å². The Bertz CT molecular complexity index is 700. The summed E-state index contributed by atoms with van der Waals surface area (Å²) in [6.45, 7) is 2.01. The molecule has 112 valence electrons. The lowest BCUT2D eigenvalue weighted by Gasteiger charge is -2.22. The molecule has 5 nitrogen and oxygen atoms in total. The molecule has 0 radical (unpaired) electrons. The van der Waals surface area contributed by atoms with E-state index >= 15 is 0 Å². The molecule has 0 saturated carbocycles. The Morgan fingerprint density at radius 1 is 1.48 bits per heavy atom. The maximum absolute atomic E-state index is 11.1. The van der Waals surface area contributed by atoms with Crippen molar-refractivity contribution in [1.29, 1.82) is 0 Å². The van der Waals surface area contributed by atoms with Gasteiger partial charge in [0.05, 0.1) is 5.75 Å². The van der Waals surface area contributed by atoms with Crippen molar-refractivity contribution in [2.75, 3.05) is 25.6 Å². The Balaban J connectivity index is 2.12. The van der Waals surface area contributed by atoms with Crippen LogP contribution in [0.15, 0.2) is 10.2 Å². The van der Waals surface area contributed by atoms with Crippen LogP contribution in [-0.2, 0) is 17.8 Å². The van der Waals surface area contributed by atoms with Gasteiger partial charge < -0.3 is 10.6 Å². The van der Waals surface area contributed by atoms with Crippen LogP contribution in [-0.4, -0.2) is 46.4 Å². The van der Waals surface area contributed by atoms with E-state index in [2.05, 4.69) is 21.9 Å². The van der Waals surface area contributed by atoms with Crippen molar-refractivity contribution in [3.8, 4) is 0 Å². The van der Waals surface area contributed by atoms with E-state index < -0.39 is 0 Å². The normalized spacial score (nSPS) is 15.3. The molecular formula is C13H16N4OS3. The Labute approximate surface area is 135 Å². The number of nitrogens with zero attached hydrogens (tertiary/aromatic N) is 3. The zero-order chi connectivity index (χ0) is 15.0. The number of primary amides is 1. The number of thiophene rings is 1. The minimum absolute atomic E-state index is 0.254. The summed E-state index contributed by atoms with van der Waals surface area (Å²) in [7, 11) is 2.13. The van der Waals surface area contributed by atoms with Gasteiger partial charge in [-0.25, -0.2) is 9.97 Å². The van der Waals surface area contributed by atoms with Crippen molar-refractivity contribution in [3.63, 3.8) is 0 Å². The van der Waals surface area contributed by atoms with E-state index in [-0.39, 0.29) is 11.7 Å². The van der Waals surface area contributed by atoms with Gasteiger partial charge in [-0.3, -0.25) is 4.79 Å². The lowest BCUT2D eigenvalue weighted by Crippen LogP contribution is -2.25. The van der Waals surface area contributed by atoms with Gasteiger partial charge in [0, 0.05) is 23.4 Å². The zero-order valence-corrected chi connectivity index (χ0v) is 14.3. The van der Waals surface area contributed by atoms with Crippen LogP contribution < -0.4 is 5.73 Å². The largest absolute Gasteiger partial charge is 0.369 e. The summed E-state index contributed by atoms with van der Waals surface area (Å²) < 4.78 is 0. The van der Waals surface area contributed by atoms with Gasteiger partial charge in [-0.1, -0.05) is 23.5 Å². The summed E-state index contributed by atoms with van der Waals surface area (Å²) >= 11 is 4.69. The molecule has 2 N–H and O–H groups in total. The summed E-state index contributed by atoms with van der Waals surface area (Å²) in [4.78, 5) is 25.0. The third kappa shape index (κ3) is 3.03. The predicted molar refractivity (Wildman–Crippen MR) is 89.2 cm³/mol. The SMILES string of the molecule is CSc1nc(SCC(N)=O)c2c3c(sc2n1)CN(C)CC3. The summed E-state index contributed by atoms with van der Waals surface area (Å²) in [5.74, 6) is -0.0638. The Hall–Kier alpha value is -0.830. The third-order valence-electron chi connectivity index (χ3n) is 3.37. The van der Waals surface area contributed by atoms with Gasteiger partial charge >= 0.3 is 0 Å². The van der Waals surface area contributed by atoms with Crippen LogP contribution in [0.5, 0.6) is 0 Å². The molecule has 0 aliphatic carbocycles. The maximum Gasteiger partial charge on any atom is 0.227 e. The summed E-state index contributed by atoms with van der Waals surface area (Å²) in [6, 6.07) is 0. The fraction of sp³-hybridized carbons (Fsp3) is 0.462. The van der Waals surface area contributed by atoms with E-state index in [1.54, 1.807) is 11.3 Å². The highest BCUT2D eigenvalue weighted by Gasteiger charge is 2.23. The predicted octanol–water partition coefficient (Wildman–Crippen LogP) is 1.98. The lowest BCUT2D eigenvalue weighted by atomic mass is 10.1. The number of carbonyl (C=O) groups excluding carboxylic acids is 1. The first-order valence-corrected chi connectivity index (χ1v) is 9.57. The molecule has 3 heterocycles. The highest BCUT2D eigenvalue weighted by atomic mass is 32.2. The fourth-order valence-corrected chi connectivity index (χ4v) is 5.05. The number of amides is 1. The van der Waals surface area contributed by atoms with E-state index in [0.29, 0.717) is 0 Å². The first-order chi connectivity index (χ1) is 10.1. The molecule has 0 unspecified atom stereocenters. The van der Waals surface area contributed by atoms with E-state index in [9.17, 15) is 4.79 Å². The summed E-state index contributed by atoms with van der Waals surface area (Å²) in [5, 5.41) is 2.78.